The molecule has 2 rings (SSSR count). The normalized spacial score (nSPS) is 18.2. The molecule has 7 nitrogen and oxygen atoms in total. The lowest BCUT2D eigenvalue weighted by molar-refractivity contribution is 0.0655. The molecule has 1 aliphatic heterocycles. The molecular formula is C14H22ClN3O4S. The van der Waals surface area contributed by atoms with Crippen molar-refractivity contribution in [1.82, 2.24) is 14.9 Å². The molecule has 1 heterocycles. The first-order valence-corrected chi connectivity index (χ1v) is 8.52. The number of nitrogens with one attached hydrogen (secondary N) is 2. The van der Waals surface area contributed by atoms with Crippen LogP contribution in [-0.4, -0.2) is 59.1 Å². The maximum Gasteiger partial charge on any atom is 0.254 e. The van der Waals surface area contributed by atoms with Crippen molar-refractivity contribution in [3.05, 3.63) is 23.8 Å². The van der Waals surface area contributed by atoms with Crippen LogP contribution in [0.3, 0.4) is 0 Å². The van der Waals surface area contributed by atoms with Gasteiger partial charge in [0.25, 0.3) is 5.91 Å². The van der Waals surface area contributed by atoms with Gasteiger partial charge in [0.1, 0.15) is 10.6 Å². The summed E-state index contributed by atoms with van der Waals surface area (Å²) in [6, 6.07) is 4.52. The molecule has 1 amide bonds. The van der Waals surface area contributed by atoms with Crippen molar-refractivity contribution in [1.29, 1.82) is 0 Å². The summed E-state index contributed by atoms with van der Waals surface area (Å²) in [7, 11) is -0.985. The summed E-state index contributed by atoms with van der Waals surface area (Å²) in [6.07, 6.45) is 0. The van der Waals surface area contributed by atoms with E-state index in [1.807, 2.05) is 6.92 Å². The van der Waals surface area contributed by atoms with Crippen LogP contribution in [0.5, 0.6) is 5.75 Å². The average Bonchev–Trinajstić information content (AvgIpc) is 2.54. The standard InChI is InChI=1S/C14H21N3O4S.ClH/c1-10-9-16-6-7-17(10)14(18)11-4-5-12(21-3)13(8-11)22(19,20)15-2;/h4-5,8,10,15-16H,6-7,9H2,1-3H3;1H. The predicted octanol–water partition coefficient (Wildman–Crippen LogP) is 0.459. The first-order valence-electron chi connectivity index (χ1n) is 7.04. The molecule has 0 radical (unpaired) electrons. The molecule has 0 aromatic heterocycles. The Kier molecular flexibility index (Phi) is 6.82. The van der Waals surface area contributed by atoms with E-state index in [0.717, 1.165) is 13.1 Å². The van der Waals surface area contributed by atoms with Crippen molar-refractivity contribution in [3.63, 3.8) is 0 Å². The van der Waals surface area contributed by atoms with E-state index >= 15 is 0 Å². The van der Waals surface area contributed by atoms with Gasteiger partial charge in [0.05, 0.1) is 7.11 Å². The molecular weight excluding hydrogens is 342 g/mol. The van der Waals surface area contributed by atoms with E-state index in [1.165, 1.54) is 26.3 Å². The van der Waals surface area contributed by atoms with Gasteiger partial charge in [0.2, 0.25) is 10.0 Å². The number of nitrogens with zero attached hydrogens (tertiary/aromatic N) is 1. The quantitative estimate of drug-likeness (QED) is 0.811. The van der Waals surface area contributed by atoms with Gasteiger partial charge in [-0.2, -0.15) is 0 Å². The van der Waals surface area contributed by atoms with Crippen LogP contribution in [0.4, 0.5) is 0 Å². The Morgan fingerprint density at radius 2 is 2.13 bits per heavy atom. The Bertz CT molecular complexity index is 666. The summed E-state index contributed by atoms with van der Waals surface area (Å²) in [4.78, 5) is 14.3. The van der Waals surface area contributed by atoms with Crippen LogP contribution >= 0.6 is 12.4 Å². The Balaban J connectivity index is 0.00000264. The second-order valence-corrected chi connectivity index (χ2v) is 6.98. The summed E-state index contributed by atoms with van der Waals surface area (Å²) in [5, 5.41) is 3.21. The fourth-order valence-corrected chi connectivity index (χ4v) is 3.36. The topological polar surface area (TPSA) is 87.7 Å². The SMILES string of the molecule is CNS(=O)(=O)c1cc(C(=O)N2CCNCC2C)ccc1OC.Cl. The third kappa shape index (κ3) is 4.14. The largest absolute Gasteiger partial charge is 0.495 e. The Labute approximate surface area is 142 Å². The van der Waals surface area contributed by atoms with E-state index in [0.29, 0.717) is 12.1 Å². The third-order valence-corrected chi connectivity index (χ3v) is 5.17. The minimum Gasteiger partial charge on any atom is -0.495 e. The van der Waals surface area contributed by atoms with Crippen LogP contribution in [0.25, 0.3) is 0 Å². The van der Waals surface area contributed by atoms with Gasteiger partial charge >= 0.3 is 0 Å². The molecule has 130 valence electrons. The Morgan fingerprint density at radius 3 is 2.70 bits per heavy atom. The fourth-order valence-electron chi connectivity index (χ4n) is 2.44. The van der Waals surface area contributed by atoms with Crippen LogP contribution in [-0.2, 0) is 10.0 Å². The van der Waals surface area contributed by atoms with E-state index in [-0.39, 0.29) is 35.0 Å². The van der Waals surface area contributed by atoms with Crippen molar-refractivity contribution in [2.75, 3.05) is 33.8 Å². The lowest BCUT2D eigenvalue weighted by Gasteiger charge is -2.34. The molecule has 1 unspecified atom stereocenters. The van der Waals surface area contributed by atoms with Crippen LogP contribution in [0.15, 0.2) is 23.1 Å². The van der Waals surface area contributed by atoms with Gasteiger partial charge in [0, 0.05) is 31.2 Å². The van der Waals surface area contributed by atoms with E-state index in [2.05, 4.69) is 10.0 Å². The zero-order valence-electron chi connectivity index (χ0n) is 13.3. The van der Waals surface area contributed by atoms with Gasteiger partial charge in [0.15, 0.2) is 0 Å². The minimum absolute atomic E-state index is 0. The van der Waals surface area contributed by atoms with Crippen molar-refractivity contribution in [2.45, 2.75) is 17.9 Å². The number of hydrogen-bond donors (Lipinski definition) is 2. The molecule has 0 saturated carbocycles. The number of piperazine rings is 1. The molecule has 2 N–H and O–H groups in total. The number of carbonyl (C=O) groups excluding carboxylic acids is 1. The number of ether oxygens (including phenoxy) is 1. The number of hydrogen-bond acceptors (Lipinski definition) is 5. The fraction of sp³-hybridized carbons (Fsp3) is 0.500. The van der Waals surface area contributed by atoms with Crippen molar-refractivity contribution >= 4 is 28.3 Å². The molecule has 1 atom stereocenters. The van der Waals surface area contributed by atoms with E-state index < -0.39 is 10.0 Å². The Morgan fingerprint density at radius 1 is 1.43 bits per heavy atom. The van der Waals surface area contributed by atoms with Crippen LogP contribution in [0, 0.1) is 0 Å². The van der Waals surface area contributed by atoms with E-state index in [1.54, 1.807) is 11.0 Å². The maximum atomic E-state index is 12.6. The van der Waals surface area contributed by atoms with E-state index in [9.17, 15) is 13.2 Å². The third-order valence-electron chi connectivity index (χ3n) is 3.73. The molecule has 1 fully saturated rings. The molecule has 0 bridgehead atoms. The molecule has 0 spiro atoms. The van der Waals surface area contributed by atoms with Crippen molar-refractivity contribution in [3.8, 4) is 5.75 Å². The zero-order valence-corrected chi connectivity index (χ0v) is 15.0. The highest BCUT2D eigenvalue weighted by molar-refractivity contribution is 7.89. The minimum atomic E-state index is -3.70. The molecule has 1 saturated heterocycles. The number of halogens is 1. The van der Waals surface area contributed by atoms with Gasteiger partial charge in [-0.25, -0.2) is 13.1 Å². The highest BCUT2D eigenvalue weighted by Gasteiger charge is 2.26. The van der Waals surface area contributed by atoms with Gasteiger partial charge < -0.3 is 15.0 Å². The first-order chi connectivity index (χ1) is 10.4. The average molecular weight is 364 g/mol. The number of carbonyl (C=O) groups is 1. The molecule has 1 aromatic rings. The lowest BCUT2D eigenvalue weighted by Crippen LogP contribution is -2.52. The van der Waals surface area contributed by atoms with Gasteiger partial charge in [-0.3, -0.25) is 4.79 Å². The summed E-state index contributed by atoms with van der Waals surface area (Å²) in [5.74, 6) is 0.0310. The molecule has 1 aromatic carbocycles. The number of methoxy groups -OCH3 is 1. The first kappa shape index (κ1) is 19.7. The van der Waals surface area contributed by atoms with E-state index in [4.69, 9.17) is 4.74 Å². The van der Waals surface area contributed by atoms with Gasteiger partial charge in [-0.05, 0) is 32.2 Å². The van der Waals surface area contributed by atoms with Gasteiger partial charge in [-0.15, -0.1) is 12.4 Å². The number of benzene rings is 1. The highest BCUT2D eigenvalue weighted by Crippen LogP contribution is 2.25. The number of sulfonamides is 1. The lowest BCUT2D eigenvalue weighted by atomic mass is 10.1. The van der Waals surface area contributed by atoms with Crippen molar-refractivity contribution in [2.24, 2.45) is 0 Å². The molecule has 1 aliphatic rings. The van der Waals surface area contributed by atoms with Crippen LogP contribution < -0.4 is 14.8 Å². The summed E-state index contributed by atoms with van der Waals surface area (Å²) in [5.41, 5.74) is 0.336. The van der Waals surface area contributed by atoms with Crippen LogP contribution in [0.2, 0.25) is 0 Å². The Hall–Kier alpha value is -1.35. The van der Waals surface area contributed by atoms with Crippen molar-refractivity contribution < 1.29 is 17.9 Å². The zero-order chi connectivity index (χ0) is 16.3. The predicted molar refractivity (Wildman–Crippen MR) is 89.9 cm³/mol. The smallest absolute Gasteiger partial charge is 0.254 e. The van der Waals surface area contributed by atoms with Gasteiger partial charge in [-0.1, -0.05) is 0 Å². The number of amides is 1. The summed E-state index contributed by atoms with van der Waals surface area (Å²) in [6.45, 7) is 4.01. The molecule has 23 heavy (non-hydrogen) atoms. The second-order valence-electron chi connectivity index (χ2n) is 5.12. The molecule has 9 heteroatoms. The highest BCUT2D eigenvalue weighted by atomic mass is 35.5. The molecule has 0 aliphatic carbocycles. The summed E-state index contributed by atoms with van der Waals surface area (Å²) >= 11 is 0. The maximum absolute atomic E-state index is 12.6. The van der Waals surface area contributed by atoms with Crippen LogP contribution in [0.1, 0.15) is 17.3 Å². The number of rotatable bonds is 4. The summed E-state index contributed by atoms with van der Waals surface area (Å²) < 4.78 is 31.5. The monoisotopic (exact) mass is 363 g/mol. The second kappa shape index (κ2) is 7.96.